The zero-order chi connectivity index (χ0) is 15.8. The lowest BCUT2D eigenvalue weighted by Gasteiger charge is -2.24. The number of hydrogen-bond donors (Lipinski definition) is 2. The molecule has 0 saturated carbocycles. The second-order valence-corrected chi connectivity index (χ2v) is 7.07. The van der Waals surface area contributed by atoms with E-state index in [9.17, 15) is 4.39 Å². The maximum absolute atomic E-state index is 13.0. The van der Waals surface area contributed by atoms with Crippen molar-refractivity contribution >= 4 is 26.8 Å². The van der Waals surface area contributed by atoms with Gasteiger partial charge in [0.2, 0.25) is 0 Å². The maximum atomic E-state index is 13.0. The van der Waals surface area contributed by atoms with Crippen LogP contribution >= 0.6 is 15.9 Å². The number of halogens is 2. The van der Waals surface area contributed by atoms with Gasteiger partial charge in [0.1, 0.15) is 5.82 Å². The predicted molar refractivity (Wildman–Crippen MR) is 94.9 cm³/mol. The van der Waals surface area contributed by atoms with Crippen LogP contribution < -0.4 is 5.32 Å². The lowest BCUT2D eigenvalue weighted by atomic mass is 9.91. The van der Waals surface area contributed by atoms with Crippen LogP contribution in [0.15, 0.2) is 46.9 Å². The van der Waals surface area contributed by atoms with Gasteiger partial charge >= 0.3 is 0 Å². The molecule has 0 spiro atoms. The number of nitrogens with one attached hydrogen (secondary N) is 2. The molecular formula is C19H18BrFN2. The predicted octanol–water partition coefficient (Wildman–Crippen LogP) is 5.24. The molecule has 1 heterocycles. The number of hydrogen-bond acceptors (Lipinski definition) is 1. The first-order valence-electron chi connectivity index (χ1n) is 7.98. The van der Waals surface area contributed by atoms with Gasteiger partial charge in [-0.05, 0) is 60.7 Å². The number of aromatic amines is 1. The summed E-state index contributed by atoms with van der Waals surface area (Å²) in [6.45, 7) is 0.753. The van der Waals surface area contributed by atoms with Crippen molar-refractivity contribution < 1.29 is 4.39 Å². The molecule has 1 atom stereocenters. The molecule has 1 aromatic heterocycles. The van der Waals surface area contributed by atoms with Gasteiger partial charge in [0.15, 0.2) is 0 Å². The van der Waals surface area contributed by atoms with Crippen molar-refractivity contribution in [2.24, 2.45) is 0 Å². The summed E-state index contributed by atoms with van der Waals surface area (Å²) in [4.78, 5) is 3.60. The second kappa shape index (κ2) is 6.10. The number of aryl methyl sites for hydroxylation is 1. The summed E-state index contributed by atoms with van der Waals surface area (Å²) in [5, 5.41) is 4.95. The van der Waals surface area contributed by atoms with E-state index in [1.54, 1.807) is 0 Å². The van der Waals surface area contributed by atoms with Crippen LogP contribution in [0.1, 0.15) is 35.7 Å². The van der Waals surface area contributed by atoms with Gasteiger partial charge in [-0.3, -0.25) is 0 Å². The Morgan fingerprint density at radius 1 is 1.17 bits per heavy atom. The van der Waals surface area contributed by atoms with E-state index in [4.69, 9.17) is 0 Å². The number of rotatable bonds is 3. The fourth-order valence-electron chi connectivity index (χ4n) is 3.48. The third-order valence-electron chi connectivity index (χ3n) is 4.64. The molecule has 0 amide bonds. The van der Waals surface area contributed by atoms with Gasteiger partial charge in [-0.1, -0.05) is 28.1 Å². The molecule has 0 bridgehead atoms. The van der Waals surface area contributed by atoms with E-state index in [0.29, 0.717) is 6.04 Å². The first-order valence-corrected chi connectivity index (χ1v) is 8.78. The van der Waals surface area contributed by atoms with Crippen LogP contribution in [0.4, 0.5) is 4.39 Å². The highest BCUT2D eigenvalue weighted by Crippen LogP contribution is 2.35. The minimum Gasteiger partial charge on any atom is -0.357 e. The quantitative estimate of drug-likeness (QED) is 0.646. The summed E-state index contributed by atoms with van der Waals surface area (Å²) in [6.07, 6.45) is 3.44. The third-order valence-corrected chi connectivity index (χ3v) is 5.13. The van der Waals surface area contributed by atoms with Crippen molar-refractivity contribution in [1.82, 2.24) is 10.3 Å². The molecule has 118 valence electrons. The first-order chi connectivity index (χ1) is 11.2. The summed E-state index contributed by atoms with van der Waals surface area (Å²) in [6, 6.07) is 13.5. The number of benzene rings is 2. The molecular weight excluding hydrogens is 355 g/mol. The van der Waals surface area contributed by atoms with Crippen LogP contribution in [0.25, 0.3) is 10.9 Å². The molecule has 1 aliphatic carbocycles. The Kier molecular flexibility index (Phi) is 3.95. The van der Waals surface area contributed by atoms with Gasteiger partial charge in [-0.2, -0.15) is 0 Å². The summed E-state index contributed by atoms with van der Waals surface area (Å²) in [7, 11) is 0. The normalized spacial score (nSPS) is 17.4. The number of aromatic nitrogens is 1. The topological polar surface area (TPSA) is 27.8 Å². The Morgan fingerprint density at radius 2 is 2.00 bits per heavy atom. The highest BCUT2D eigenvalue weighted by Gasteiger charge is 2.23. The van der Waals surface area contributed by atoms with E-state index in [1.807, 2.05) is 12.1 Å². The van der Waals surface area contributed by atoms with Gasteiger partial charge < -0.3 is 10.3 Å². The van der Waals surface area contributed by atoms with E-state index in [2.05, 4.69) is 44.4 Å². The van der Waals surface area contributed by atoms with E-state index >= 15 is 0 Å². The van der Waals surface area contributed by atoms with Crippen LogP contribution in [0.2, 0.25) is 0 Å². The molecule has 2 nitrogen and oxygen atoms in total. The van der Waals surface area contributed by atoms with Crippen molar-refractivity contribution in [3.05, 3.63) is 69.6 Å². The third kappa shape index (κ3) is 2.93. The Balaban J connectivity index is 1.60. The van der Waals surface area contributed by atoms with Crippen LogP contribution in [0.5, 0.6) is 0 Å². The van der Waals surface area contributed by atoms with Crippen LogP contribution in [0.3, 0.4) is 0 Å². The Bertz CT molecular complexity index is 838. The standard InChI is InChI=1S/C19H18BrFN2/c20-13-6-9-17-16(10-13)15-2-1-3-18(19(15)23-17)22-11-12-4-7-14(21)8-5-12/h4-10,18,22-23H,1-3,11H2. The summed E-state index contributed by atoms with van der Waals surface area (Å²) >= 11 is 3.57. The Morgan fingerprint density at radius 3 is 2.83 bits per heavy atom. The smallest absolute Gasteiger partial charge is 0.123 e. The lowest BCUT2D eigenvalue weighted by Crippen LogP contribution is -2.24. The molecule has 1 aliphatic rings. The second-order valence-electron chi connectivity index (χ2n) is 6.16. The summed E-state index contributed by atoms with van der Waals surface area (Å²) < 4.78 is 14.1. The molecule has 2 N–H and O–H groups in total. The fraction of sp³-hybridized carbons (Fsp3) is 0.263. The molecule has 0 fully saturated rings. The average molecular weight is 373 g/mol. The van der Waals surface area contributed by atoms with Crippen molar-refractivity contribution in [1.29, 1.82) is 0 Å². The van der Waals surface area contributed by atoms with Crippen molar-refractivity contribution in [3.63, 3.8) is 0 Å². The minimum absolute atomic E-state index is 0.185. The SMILES string of the molecule is Fc1ccc(CNC2CCCc3c2[nH]c2ccc(Br)cc32)cc1. The monoisotopic (exact) mass is 372 g/mol. The van der Waals surface area contributed by atoms with Crippen molar-refractivity contribution in [2.75, 3.05) is 0 Å². The Hall–Kier alpha value is -1.65. The van der Waals surface area contributed by atoms with E-state index in [1.165, 1.54) is 40.7 Å². The van der Waals surface area contributed by atoms with Gasteiger partial charge in [0, 0.05) is 33.7 Å². The van der Waals surface area contributed by atoms with Gasteiger partial charge in [0.25, 0.3) is 0 Å². The average Bonchev–Trinajstić information content (AvgIpc) is 2.93. The lowest BCUT2D eigenvalue weighted by molar-refractivity contribution is 0.452. The maximum Gasteiger partial charge on any atom is 0.123 e. The molecule has 0 radical (unpaired) electrons. The molecule has 0 aliphatic heterocycles. The van der Waals surface area contributed by atoms with Gasteiger partial charge in [-0.15, -0.1) is 0 Å². The molecule has 4 rings (SSSR count). The number of H-pyrrole nitrogens is 1. The zero-order valence-corrected chi connectivity index (χ0v) is 14.3. The minimum atomic E-state index is -0.185. The molecule has 23 heavy (non-hydrogen) atoms. The first kappa shape index (κ1) is 14.9. The highest BCUT2D eigenvalue weighted by atomic mass is 79.9. The number of fused-ring (bicyclic) bond motifs is 3. The summed E-state index contributed by atoms with van der Waals surface area (Å²) in [5.41, 5.74) is 5.06. The van der Waals surface area contributed by atoms with E-state index in [-0.39, 0.29) is 5.82 Å². The largest absolute Gasteiger partial charge is 0.357 e. The van der Waals surface area contributed by atoms with Gasteiger partial charge in [0.05, 0.1) is 0 Å². The van der Waals surface area contributed by atoms with Crippen molar-refractivity contribution in [3.8, 4) is 0 Å². The highest BCUT2D eigenvalue weighted by molar-refractivity contribution is 9.10. The van der Waals surface area contributed by atoms with Crippen LogP contribution in [-0.4, -0.2) is 4.98 Å². The Labute approximate surface area is 143 Å². The molecule has 2 aromatic carbocycles. The molecule has 1 unspecified atom stereocenters. The summed E-state index contributed by atoms with van der Waals surface area (Å²) in [5.74, 6) is -0.185. The fourth-order valence-corrected chi connectivity index (χ4v) is 3.84. The molecule has 0 saturated heterocycles. The van der Waals surface area contributed by atoms with Crippen LogP contribution in [0, 0.1) is 5.82 Å². The zero-order valence-electron chi connectivity index (χ0n) is 12.7. The van der Waals surface area contributed by atoms with Crippen LogP contribution in [-0.2, 0) is 13.0 Å². The van der Waals surface area contributed by atoms with Gasteiger partial charge in [-0.25, -0.2) is 4.39 Å². The molecule has 4 heteroatoms. The van der Waals surface area contributed by atoms with E-state index in [0.717, 1.165) is 29.4 Å². The van der Waals surface area contributed by atoms with Crippen molar-refractivity contribution in [2.45, 2.75) is 31.8 Å². The molecule has 3 aromatic rings. The van der Waals surface area contributed by atoms with E-state index < -0.39 is 0 Å².